The zero-order valence-corrected chi connectivity index (χ0v) is 11.8. The fourth-order valence-corrected chi connectivity index (χ4v) is 2.64. The summed E-state index contributed by atoms with van der Waals surface area (Å²) in [6.45, 7) is 6.00. The summed E-state index contributed by atoms with van der Waals surface area (Å²) in [5.74, 6) is 0.746. The van der Waals surface area contributed by atoms with Crippen molar-refractivity contribution < 1.29 is 4.79 Å². The third-order valence-corrected chi connectivity index (χ3v) is 3.84. The summed E-state index contributed by atoms with van der Waals surface area (Å²) in [5, 5.41) is 0.913. The van der Waals surface area contributed by atoms with Crippen LogP contribution in [0.25, 0.3) is 10.6 Å². The lowest BCUT2D eigenvalue weighted by Gasteiger charge is -2.05. The van der Waals surface area contributed by atoms with Gasteiger partial charge in [0.2, 0.25) is 0 Å². The number of benzene rings is 1. The smallest absolute Gasteiger partial charge is 0.171 e. The maximum atomic E-state index is 11.2. The van der Waals surface area contributed by atoms with Gasteiger partial charge in [-0.1, -0.05) is 38.1 Å². The van der Waals surface area contributed by atoms with Crippen molar-refractivity contribution in [3.05, 3.63) is 40.9 Å². The third-order valence-electron chi connectivity index (χ3n) is 2.70. The van der Waals surface area contributed by atoms with E-state index in [1.807, 2.05) is 0 Å². The van der Waals surface area contributed by atoms with E-state index in [2.05, 4.69) is 43.1 Å². The molecular formula is C15H17NOS. The molecule has 0 aliphatic carbocycles. The lowest BCUT2D eigenvalue weighted by atomic mass is 10.0. The minimum atomic E-state index is 0.0789. The van der Waals surface area contributed by atoms with Gasteiger partial charge in [0.05, 0.1) is 4.88 Å². The first-order valence-corrected chi connectivity index (χ1v) is 6.94. The van der Waals surface area contributed by atoms with Crippen molar-refractivity contribution in [3.8, 4) is 10.6 Å². The van der Waals surface area contributed by atoms with E-state index in [0.29, 0.717) is 5.92 Å². The van der Waals surface area contributed by atoms with Crippen molar-refractivity contribution in [1.82, 2.24) is 4.98 Å². The summed E-state index contributed by atoms with van der Waals surface area (Å²) in [7, 11) is 0. The normalized spacial score (nSPS) is 10.9. The standard InChI is InChI=1S/C15H17NOS/c1-10(2)8-12-4-6-13(7-5-12)15-16-9-14(18-15)11(3)17/h4-7,9-10H,8H2,1-3H3. The molecule has 2 nitrogen and oxygen atoms in total. The number of ketones is 1. The molecule has 0 aliphatic rings. The SMILES string of the molecule is CC(=O)c1cnc(-c2ccc(CC(C)C)cc2)s1. The Labute approximate surface area is 112 Å². The summed E-state index contributed by atoms with van der Waals surface area (Å²) in [5.41, 5.74) is 2.43. The van der Waals surface area contributed by atoms with Crippen LogP contribution in [0.4, 0.5) is 0 Å². The molecule has 0 fully saturated rings. The van der Waals surface area contributed by atoms with Gasteiger partial charge in [0.1, 0.15) is 5.01 Å². The van der Waals surface area contributed by atoms with Crippen molar-refractivity contribution >= 4 is 17.1 Å². The van der Waals surface area contributed by atoms with E-state index in [1.165, 1.54) is 16.9 Å². The van der Waals surface area contributed by atoms with E-state index in [0.717, 1.165) is 21.9 Å². The number of aromatic nitrogens is 1. The van der Waals surface area contributed by atoms with E-state index in [4.69, 9.17) is 0 Å². The van der Waals surface area contributed by atoms with Crippen LogP contribution in [-0.2, 0) is 6.42 Å². The van der Waals surface area contributed by atoms with Crippen molar-refractivity contribution in [2.24, 2.45) is 5.92 Å². The zero-order valence-electron chi connectivity index (χ0n) is 10.9. The Morgan fingerprint density at radius 1 is 1.28 bits per heavy atom. The van der Waals surface area contributed by atoms with Crippen molar-refractivity contribution in [3.63, 3.8) is 0 Å². The van der Waals surface area contributed by atoms with Gasteiger partial charge in [-0.15, -0.1) is 11.3 Å². The van der Waals surface area contributed by atoms with Gasteiger partial charge < -0.3 is 0 Å². The average molecular weight is 259 g/mol. The highest BCUT2D eigenvalue weighted by Gasteiger charge is 2.08. The fraction of sp³-hybridized carbons (Fsp3) is 0.333. The Morgan fingerprint density at radius 2 is 1.94 bits per heavy atom. The predicted molar refractivity (Wildman–Crippen MR) is 76.1 cm³/mol. The number of rotatable bonds is 4. The van der Waals surface area contributed by atoms with Gasteiger partial charge in [0, 0.05) is 18.7 Å². The molecule has 0 amide bonds. The molecule has 0 saturated heterocycles. The summed E-state index contributed by atoms with van der Waals surface area (Å²) < 4.78 is 0. The molecule has 3 heteroatoms. The van der Waals surface area contributed by atoms with Gasteiger partial charge in [0.15, 0.2) is 5.78 Å². The third kappa shape index (κ3) is 3.05. The molecule has 0 spiro atoms. The van der Waals surface area contributed by atoms with Gasteiger partial charge in [-0.25, -0.2) is 4.98 Å². The number of hydrogen-bond donors (Lipinski definition) is 0. The van der Waals surface area contributed by atoms with Gasteiger partial charge in [-0.05, 0) is 17.9 Å². The second kappa shape index (κ2) is 5.44. The van der Waals surface area contributed by atoms with Gasteiger partial charge >= 0.3 is 0 Å². The van der Waals surface area contributed by atoms with E-state index >= 15 is 0 Å². The molecule has 1 aromatic carbocycles. The number of thiazole rings is 1. The first-order valence-electron chi connectivity index (χ1n) is 6.12. The van der Waals surface area contributed by atoms with Crippen LogP contribution in [0.15, 0.2) is 30.5 Å². The van der Waals surface area contributed by atoms with E-state index in [-0.39, 0.29) is 5.78 Å². The van der Waals surface area contributed by atoms with Crippen molar-refractivity contribution in [2.45, 2.75) is 27.2 Å². The number of Topliss-reactive ketones (excluding diaryl/α,β-unsaturated/α-hetero) is 1. The Hall–Kier alpha value is -1.48. The van der Waals surface area contributed by atoms with Crippen molar-refractivity contribution in [1.29, 1.82) is 0 Å². The molecule has 2 rings (SSSR count). The van der Waals surface area contributed by atoms with E-state index in [1.54, 1.807) is 13.1 Å². The highest BCUT2D eigenvalue weighted by Crippen LogP contribution is 2.26. The lowest BCUT2D eigenvalue weighted by molar-refractivity contribution is 0.102. The minimum Gasteiger partial charge on any atom is -0.294 e. The zero-order chi connectivity index (χ0) is 13.1. The highest BCUT2D eigenvalue weighted by atomic mass is 32.1. The van der Waals surface area contributed by atoms with Gasteiger partial charge in [-0.3, -0.25) is 4.79 Å². The fourth-order valence-electron chi connectivity index (χ4n) is 1.83. The van der Waals surface area contributed by atoms with Crippen LogP contribution < -0.4 is 0 Å². The number of hydrogen-bond acceptors (Lipinski definition) is 3. The van der Waals surface area contributed by atoms with Crippen LogP contribution in [0.2, 0.25) is 0 Å². The summed E-state index contributed by atoms with van der Waals surface area (Å²) in [4.78, 5) is 16.3. The van der Waals surface area contributed by atoms with E-state index in [9.17, 15) is 4.79 Å². The monoisotopic (exact) mass is 259 g/mol. The molecule has 0 N–H and O–H groups in total. The Bertz CT molecular complexity index is 540. The molecule has 94 valence electrons. The Balaban J connectivity index is 2.20. The molecule has 0 atom stereocenters. The first-order chi connectivity index (χ1) is 8.56. The van der Waals surface area contributed by atoms with Crippen LogP contribution in [0.3, 0.4) is 0 Å². The number of carbonyl (C=O) groups is 1. The van der Waals surface area contributed by atoms with Crippen LogP contribution in [-0.4, -0.2) is 10.8 Å². The minimum absolute atomic E-state index is 0.0789. The molecule has 0 radical (unpaired) electrons. The molecule has 18 heavy (non-hydrogen) atoms. The molecule has 0 unspecified atom stereocenters. The molecule has 0 bridgehead atoms. The largest absolute Gasteiger partial charge is 0.294 e. The van der Waals surface area contributed by atoms with Crippen LogP contribution in [0, 0.1) is 5.92 Å². The first kappa shape index (κ1) is 13.0. The van der Waals surface area contributed by atoms with E-state index < -0.39 is 0 Å². The summed E-state index contributed by atoms with van der Waals surface area (Å²) >= 11 is 1.45. The lowest BCUT2D eigenvalue weighted by Crippen LogP contribution is -1.93. The maximum Gasteiger partial charge on any atom is 0.171 e. The molecule has 0 saturated carbocycles. The quantitative estimate of drug-likeness (QED) is 0.770. The highest BCUT2D eigenvalue weighted by molar-refractivity contribution is 7.16. The number of carbonyl (C=O) groups excluding carboxylic acids is 1. The second-order valence-electron chi connectivity index (χ2n) is 4.88. The maximum absolute atomic E-state index is 11.2. The molecule has 2 aromatic rings. The average Bonchev–Trinajstić information content (AvgIpc) is 2.78. The summed E-state index contributed by atoms with van der Waals surface area (Å²) in [6, 6.07) is 8.45. The molecule has 1 heterocycles. The van der Waals surface area contributed by atoms with Crippen LogP contribution >= 0.6 is 11.3 Å². The molecule has 0 aliphatic heterocycles. The van der Waals surface area contributed by atoms with Gasteiger partial charge in [0.25, 0.3) is 0 Å². The van der Waals surface area contributed by atoms with Crippen LogP contribution in [0.5, 0.6) is 0 Å². The van der Waals surface area contributed by atoms with Crippen LogP contribution in [0.1, 0.15) is 36.0 Å². The molecular weight excluding hydrogens is 242 g/mol. The summed E-state index contributed by atoms with van der Waals surface area (Å²) in [6.07, 6.45) is 2.75. The Kier molecular flexibility index (Phi) is 3.92. The topological polar surface area (TPSA) is 30.0 Å². The van der Waals surface area contributed by atoms with Gasteiger partial charge in [-0.2, -0.15) is 0 Å². The predicted octanol–water partition coefficient (Wildman–Crippen LogP) is 4.21. The van der Waals surface area contributed by atoms with Crippen molar-refractivity contribution in [2.75, 3.05) is 0 Å². The Morgan fingerprint density at radius 3 is 2.44 bits per heavy atom. The molecule has 1 aromatic heterocycles. The number of nitrogens with zero attached hydrogens (tertiary/aromatic N) is 1. The second-order valence-corrected chi connectivity index (χ2v) is 5.91.